The highest BCUT2D eigenvalue weighted by atomic mass is 16.5. The molecule has 2 amide bonds. The highest BCUT2D eigenvalue weighted by Crippen LogP contribution is 2.30. The highest BCUT2D eigenvalue weighted by molar-refractivity contribution is 6.03. The predicted octanol–water partition coefficient (Wildman–Crippen LogP) is 5.65. The van der Waals surface area contributed by atoms with E-state index in [1.807, 2.05) is 78.9 Å². The number of methoxy groups -OCH3 is 1. The van der Waals surface area contributed by atoms with Crippen LogP contribution in [0.2, 0.25) is 0 Å². The maximum absolute atomic E-state index is 12.4. The molecule has 2 N–H and O–H groups in total. The van der Waals surface area contributed by atoms with Gasteiger partial charge in [0.15, 0.2) is 0 Å². The van der Waals surface area contributed by atoms with Crippen LogP contribution in [0.5, 0.6) is 5.75 Å². The van der Waals surface area contributed by atoms with Gasteiger partial charge in [0, 0.05) is 5.69 Å². The molecule has 128 valence electrons. The molecule has 0 aliphatic rings. The molecule has 26 heavy (non-hydrogen) atoms. The fourth-order valence-corrected chi connectivity index (χ4v) is 3.04. The van der Waals surface area contributed by atoms with Crippen molar-refractivity contribution in [1.29, 1.82) is 0 Å². The molecule has 0 aliphatic carbocycles. The van der Waals surface area contributed by atoms with E-state index in [0.717, 1.165) is 27.2 Å². The molecule has 4 aromatic rings. The summed E-state index contributed by atoms with van der Waals surface area (Å²) in [5, 5.41) is 10.1. The summed E-state index contributed by atoms with van der Waals surface area (Å²) in [4.78, 5) is 12.4. The largest absolute Gasteiger partial charge is 0.495 e. The van der Waals surface area contributed by atoms with Crippen LogP contribution >= 0.6 is 0 Å². The van der Waals surface area contributed by atoms with Gasteiger partial charge in [-0.3, -0.25) is 0 Å². The normalized spacial score (nSPS) is 10.7. The number of rotatable bonds is 3. The van der Waals surface area contributed by atoms with Gasteiger partial charge in [0.2, 0.25) is 0 Å². The topological polar surface area (TPSA) is 50.4 Å². The monoisotopic (exact) mass is 342 g/mol. The van der Waals surface area contributed by atoms with Crippen LogP contribution in [-0.2, 0) is 0 Å². The Kier molecular flexibility index (Phi) is 4.15. The number of hydrogen-bond donors (Lipinski definition) is 2. The number of urea groups is 1. The van der Waals surface area contributed by atoms with E-state index in [1.54, 1.807) is 7.11 Å². The van der Waals surface area contributed by atoms with E-state index in [9.17, 15) is 4.79 Å². The Hall–Kier alpha value is -3.53. The first-order chi connectivity index (χ1) is 12.7. The minimum Gasteiger partial charge on any atom is -0.495 e. The SMILES string of the molecule is COc1cc2ccccc2cc1NC(=O)Nc1ccc2ccccc2c1. The third-order valence-electron chi connectivity index (χ3n) is 4.32. The molecular formula is C22H18N2O2. The summed E-state index contributed by atoms with van der Waals surface area (Å²) >= 11 is 0. The summed E-state index contributed by atoms with van der Waals surface area (Å²) in [5.41, 5.74) is 1.37. The van der Waals surface area contributed by atoms with Gasteiger partial charge in [-0.25, -0.2) is 4.79 Å². The van der Waals surface area contributed by atoms with Crippen LogP contribution in [0, 0.1) is 0 Å². The van der Waals surface area contributed by atoms with Gasteiger partial charge in [0.25, 0.3) is 0 Å². The van der Waals surface area contributed by atoms with Crippen molar-refractivity contribution in [2.45, 2.75) is 0 Å². The zero-order valence-electron chi connectivity index (χ0n) is 14.3. The number of nitrogens with one attached hydrogen (secondary N) is 2. The molecule has 0 radical (unpaired) electrons. The lowest BCUT2D eigenvalue weighted by Crippen LogP contribution is -2.19. The van der Waals surface area contributed by atoms with Crippen molar-refractivity contribution < 1.29 is 9.53 Å². The minimum atomic E-state index is -0.311. The average molecular weight is 342 g/mol. The summed E-state index contributed by atoms with van der Waals surface area (Å²) in [6.45, 7) is 0. The first-order valence-electron chi connectivity index (χ1n) is 8.36. The molecule has 0 heterocycles. The Bertz CT molecular complexity index is 1110. The predicted molar refractivity (Wildman–Crippen MR) is 107 cm³/mol. The van der Waals surface area contributed by atoms with Crippen molar-refractivity contribution in [2.75, 3.05) is 17.7 Å². The molecule has 0 aromatic heterocycles. The van der Waals surface area contributed by atoms with Crippen molar-refractivity contribution in [1.82, 2.24) is 0 Å². The standard InChI is InChI=1S/C22H18N2O2/c1-26-21-14-18-9-5-4-8-17(18)13-20(21)24-22(25)23-19-11-10-15-6-2-3-7-16(15)12-19/h2-14H,1H3,(H2,23,24,25). The van der Waals surface area contributed by atoms with Gasteiger partial charge < -0.3 is 15.4 Å². The summed E-state index contributed by atoms with van der Waals surface area (Å²) in [6, 6.07) is 25.3. The Morgan fingerprint density at radius 1 is 0.731 bits per heavy atom. The van der Waals surface area contributed by atoms with Crippen LogP contribution in [0.15, 0.2) is 78.9 Å². The maximum atomic E-state index is 12.4. The highest BCUT2D eigenvalue weighted by Gasteiger charge is 2.09. The number of anilines is 2. The van der Waals surface area contributed by atoms with Gasteiger partial charge >= 0.3 is 6.03 Å². The molecule has 0 aliphatic heterocycles. The third-order valence-corrected chi connectivity index (χ3v) is 4.32. The van der Waals surface area contributed by atoms with Crippen molar-refractivity contribution >= 4 is 39.0 Å². The van der Waals surface area contributed by atoms with Crippen LogP contribution in [0.4, 0.5) is 16.2 Å². The maximum Gasteiger partial charge on any atom is 0.323 e. The first-order valence-corrected chi connectivity index (χ1v) is 8.36. The Morgan fingerprint density at radius 2 is 1.35 bits per heavy atom. The molecule has 4 aromatic carbocycles. The van der Waals surface area contributed by atoms with E-state index in [0.29, 0.717) is 11.4 Å². The zero-order valence-corrected chi connectivity index (χ0v) is 14.3. The summed E-state index contributed by atoms with van der Waals surface area (Å²) < 4.78 is 5.42. The smallest absolute Gasteiger partial charge is 0.323 e. The Labute approximate surface area is 151 Å². The second kappa shape index (κ2) is 6.76. The van der Waals surface area contributed by atoms with Crippen LogP contribution in [-0.4, -0.2) is 13.1 Å². The van der Waals surface area contributed by atoms with Gasteiger partial charge in [0.1, 0.15) is 5.75 Å². The molecule has 0 saturated heterocycles. The number of carbonyl (C=O) groups excluding carboxylic acids is 1. The van der Waals surface area contributed by atoms with Crippen molar-refractivity contribution in [3.63, 3.8) is 0 Å². The van der Waals surface area contributed by atoms with Crippen LogP contribution in [0.1, 0.15) is 0 Å². The molecule has 0 unspecified atom stereocenters. The quantitative estimate of drug-likeness (QED) is 0.506. The fraction of sp³-hybridized carbons (Fsp3) is 0.0455. The molecule has 4 nitrogen and oxygen atoms in total. The molecule has 4 rings (SSSR count). The van der Waals surface area contributed by atoms with Crippen molar-refractivity contribution in [3.8, 4) is 5.75 Å². The summed E-state index contributed by atoms with van der Waals surface area (Å²) in [7, 11) is 1.59. The molecule has 4 heteroatoms. The van der Waals surface area contributed by atoms with Crippen LogP contribution in [0.3, 0.4) is 0 Å². The molecule has 0 bridgehead atoms. The van der Waals surface area contributed by atoms with E-state index >= 15 is 0 Å². The Balaban J connectivity index is 1.58. The molecule has 0 fully saturated rings. The number of carbonyl (C=O) groups is 1. The minimum absolute atomic E-state index is 0.311. The number of benzene rings is 4. The van der Waals surface area contributed by atoms with Crippen LogP contribution in [0.25, 0.3) is 21.5 Å². The number of ether oxygens (including phenoxy) is 1. The van der Waals surface area contributed by atoms with Gasteiger partial charge in [0.05, 0.1) is 12.8 Å². The lowest BCUT2D eigenvalue weighted by molar-refractivity contribution is 0.262. The second-order valence-corrected chi connectivity index (χ2v) is 6.04. The third kappa shape index (κ3) is 3.17. The molecular weight excluding hydrogens is 324 g/mol. The van der Waals surface area contributed by atoms with E-state index in [2.05, 4.69) is 10.6 Å². The van der Waals surface area contributed by atoms with Gasteiger partial charge in [-0.15, -0.1) is 0 Å². The zero-order chi connectivity index (χ0) is 17.9. The molecule has 0 atom stereocenters. The summed E-state index contributed by atoms with van der Waals surface area (Å²) in [5.74, 6) is 0.623. The summed E-state index contributed by atoms with van der Waals surface area (Å²) in [6.07, 6.45) is 0. The number of hydrogen-bond acceptors (Lipinski definition) is 2. The second-order valence-electron chi connectivity index (χ2n) is 6.04. The fourth-order valence-electron chi connectivity index (χ4n) is 3.04. The lowest BCUT2D eigenvalue weighted by Gasteiger charge is -2.13. The van der Waals surface area contributed by atoms with Gasteiger partial charge in [-0.1, -0.05) is 54.6 Å². The van der Waals surface area contributed by atoms with Crippen molar-refractivity contribution in [2.24, 2.45) is 0 Å². The van der Waals surface area contributed by atoms with Gasteiger partial charge in [-0.2, -0.15) is 0 Å². The molecule has 0 saturated carbocycles. The lowest BCUT2D eigenvalue weighted by atomic mass is 10.1. The number of fused-ring (bicyclic) bond motifs is 2. The molecule has 0 spiro atoms. The van der Waals surface area contributed by atoms with E-state index < -0.39 is 0 Å². The van der Waals surface area contributed by atoms with E-state index in [-0.39, 0.29) is 6.03 Å². The van der Waals surface area contributed by atoms with Crippen molar-refractivity contribution in [3.05, 3.63) is 78.9 Å². The van der Waals surface area contributed by atoms with Crippen LogP contribution < -0.4 is 15.4 Å². The number of amides is 2. The Morgan fingerprint density at radius 3 is 2.04 bits per heavy atom. The first kappa shape index (κ1) is 16.0. The van der Waals surface area contributed by atoms with E-state index in [4.69, 9.17) is 4.74 Å². The van der Waals surface area contributed by atoms with E-state index in [1.165, 1.54) is 0 Å². The average Bonchev–Trinajstić information content (AvgIpc) is 2.67. The van der Waals surface area contributed by atoms with Gasteiger partial charge in [-0.05, 0) is 45.8 Å².